The van der Waals surface area contributed by atoms with Gasteiger partial charge in [0.05, 0.1) is 12.2 Å². The number of thiazole rings is 1. The van der Waals surface area contributed by atoms with Gasteiger partial charge in [-0.3, -0.25) is 4.79 Å². The second-order valence-electron chi connectivity index (χ2n) is 6.37. The van der Waals surface area contributed by atoms with E-state index in [2.05, 4.69) is 36.5 Å². The number of hydrogen-bond acceptors (Lipinski definition) is 4. The van der Waals surface area contributed by atoms with Crippen LogP contribution in [0.5, 0.6) is 0 Å². The third-order valence-electron chi connectivity index (χ3n) is 3.39. The summed E-state index contributed by atoms with van der Waals surface area (Å²) in [7, 11) is 0. The molecular formula is C17H23N3OS. The third kappa shape index (κ3) is 4.64. The quantitative estimate of drug-likeness (QED) is 0.890. The first-order valence-electron chi connectivity index (χ1n) is 7.38. The van der Waals surface area contributed by atoms with Gasteiger partial charge in [-0.15, -0.1) is 11.3 Å². The summed E-state index contributed by atoms with van der Waals surface area (Å²) in [6.45, 7) is 6.84. The molecule has 2 aromatic rings. The van der Waals surface area contributed by atoms with E-state index in [4.69, 9.17) is 5.73 Å². The van der Waals surface area contributed by atoms with Crippen LogP contribution in [0.25, 0.3) is 0 Å². The van der Waals surface area contributed by atoms with Crippen molar-refractivity contribution in [1.82, 2.24) is 10.3 Å². The number of nitrogens with two attached hydrogens (primary N) is 1. The summed E-state index contributed by atoms with van der Waals surface area (Å²) in [6.07, 6.45) is 0.279. The molecule has 1 aromatic heterocycles. The molecule has 1 heterocycles. The number of amides is 1. The Hall–Kier alpha value is -1.72. The number of aromatic nitrogens is 1. The number of rotatable bonds is 5. The summed E-state index contributed by atoms with van der Waals surface area (Å²) in [5.74, 6) is -0.0520. The molecule has 1 unspecified atom stereocenters. The molecule has 0 aliphatic heterocycles. The molecule has 1 aromatic carbocycles. The number of carbonyl (C=O) groups excluding carboxylic acids is 1. The minimum atomic E-state index is -0.275. The van der Waals surface area contributed by atoms with Crippen molar-refractivity contribution in [2.75, 3.05) is 0 Å². The van der Waals surface area contributed by atoms with E-state index in [0.29, 0.717) is 6.54 Å². The van der Waals surface area contributed by atoms with Gasteiger partial charge >= 0.3 is 0 Å². The van der Waals surface area contributed by atoms with Crippen molar-refractivity contribution in [2.45, 2.75) is 45.2 Å². The zero-order valence-corrected chi connectivity index (χ0v) is 14.1. The Labute approximate surface area is 135 Å². The smallest absolute Gasteiger partial charge is 0.222 e. The zero-order chi connectivity index (χ0) is 16.2. The van der Waals surface area contributed by atoms with Crippen LogP contribution in [0, 0.1) is 0 Å². The molecule has 118 valence electrons. The van der Waals surface area contributed by atoms with E-state index < -0.39 is 0 Å². The van der Waals surface area contributed by atoms with Crippen molar-refractivity contribution in [3.8, 4) is 0 Å². The second-order valence-corrected chi connectivity index (χ2v) is 7.32. The third-order valence-corrected chi connectivity index (χ3v) is 4.24. The SMILES string of the molecule is CC(C)(C)c1csc(CNC(=O)CC(N)c2ccccc2)n1. The number of nitrogens with zero attached hydrogens (tertiary/aromatic N) is 1. The Morgan fingerprint density at radius 3 is 2.59 bits per heavy atom. The highest BCUT2D eigenvalue weighted by atomic mass is 32.1. The number of carbonyl (C=O) groups is 1. The monoisotopic (exact) mass is 317 g/mol. The van der Waals surface area contributed by atoms with Gasteiger partial charge in [0.25, 0.3) is 0 Å². The largest absolute Gasteiger partial charge is 0.350 e. The first kappa shape index (κ1) is 16.6. The number of benzene rings is 1. The maximum atomic E-state index is 12.0. The van der Waals surface area contributed by atoms with Crippen LogP contribution in [0.1, 0.15) is 49.5 Å². The van der Waals surface area contributed by atoms with Crippen molar-refractivity contribution in [3.63, 3.8) is 0 Å². The van der Waals surface area contributed by atoms with Gasteiger partial charge in [0, 0.05) is 23.3 Å². The minimum Gasteiger partial charge on any atom is -0.350 e. The topological polar surface area (TPSA) is 68.0 Å². The molecule has 22 heavy (non-hydrogen) atoms. The normalized spacial score (nSPS) is 12.9. The molecule has 0 bridgehead atoms. The molecule has 1 amide bonds. The fourth-order valence-electron chi connectivity index (χ4n) is 2.00. The van der Waals surface area contributed by atoms with Crippen LogP contribution in [0.3, 0.4) is 0 Å². The van der Waals surface area contributed by atoms with Crippen molar-refractivity contribution >= 4 is 17.2 Å². The molecule has 0 aliphatic rings. The van der Waals surface area contributed by atoms with Gasteiger partial charge in [0.1, 0.15) is 5.01 Å². The van der Waals surface area contributed by atoms with Crippen LogP contribution < -0.4 is 11.1 Å². The van der Waals surface area contributed by atoms with Crippen molar-refractivity contribution < 1.29 is 4.79 Å². The number of hydrogen-bond donors (Lipinski definition) is 2. The average molecular weight is 317 g/mol. The van der Waals surface area contributed by atoms with Crippen LogP contribution in [-0.4, -0.2) is 10.9 Å². The van der Waals surface area contributed by atoms with E-state index in [-0.39, 0.29) is 23.8 Å². The Morgan fingerprint density at radius 1 is 1.32 bits per heavy atom. The zero-order valence-electron chi connectivity index (χ0n) is 13.3. The lowest BCUT2D eigenvalue weighted by molar-refractivity contribution is -0.121. The Balaban J connectivity index is 1.84. The highest BCUT2D eigenvalue weighted by Crippen LogP contribution is 2.23. The van der Waals surface area contributed by atoms with Gasteiger partial charge in [0.2, 0.25) is 5.91 Å². The van der Waals surface area contributed by atoms with Crippen molar-refractivity contribution in [3.05, 3.63) is 52.0 Å². The van der Waals surface area contributed by atoms with Gasteiger partial charge in [-0.2, -0.15) is 0 Å². The summed E-state index contributed by atoms with van der Waals surface area (Å²) >= 11 is 1.58. The first-order chi connectivity index (χ1) is 10.4. The fraction of sp³-hybridized carbons (Fsp3) is 0.412. The maximum Gasteiger partial charge on any atom is 0.222 e. The van der Waals surface area contributed by atoms with Crippen LogP contribution in [0.4, 0.5) is 0 Å². The maximum absolute atomic E-state index is 12.0. The molecule has 5 heteroatoms. The molecule has 0 aliphatic carbocycles. The molecule has 0 spiro atoms. The van der Waals surface area contributed by atoms with Gasteiger partial charge in [0.15, 0.2) is 0 Å². The predicted molar refractivity (Wildman–Crippen MR) is 90.6 cm³/mol. The highest BCUT2D eigenvalue weighted by molar-refractivity contribution is 7.09. The van der Waals surface area contributed by atoms with E-state index in [1.165, 1.54) is 0 Å². The van der Waals surface area contributed by atoms with Crippen LogP contribution in [-0.2, 0) is 16.8 Å². The highest BCUT2D eigenvalue weighted by Gasteiger charge is 2.18. The molecule has 1 atom stereocenters. The number of nitrogens with one attached hydrogen (secondary N) is 1. The van der Waals surface area contributed by atoms with Crippen LogP contribution in [0.2, 0.25) is 0 Å². The molecule has 2 rings (SSSR count). The minimum absolute atomic E-state index is 0.0361. The Morgan fingerprint density at radius 2 is 2.00 bits per heavy atom. The van der Waals surface area contributed by atoms with E-state index in [1.807, 2.05) is 30.3 Å². The van der Waals surface area contributed by atoms with Crippen LogP contribution in [0.15, 0.2) is 35.7 Å². The van der Waals surface area contributed by atoms with Gasteiger partial charge in [-0.1, -0.05) is 51.1 Å². The van der Waals surface area contributed by atoms with Crippen LogP contribution >= 0.6 is 11.3 Å². The summed E-state index contributed by atoms with van der Waals surface area (Å²) in [5.41, 5.74) is 8.12. The van der Waals surface area contributed by atoms with Gasteiger partial charge in [-0.25, -0.2) is 4.98 Å². The summed E-state index contributed by atoms with van der Waals surface area (Å²) < 4.78 is 0. The lowest BCUT2D eigenvalue weighted by Crippen LogP contribution is -2.27. The van der Waals surface area contributed by atoms with E-state index in [1.54, 1.807) is 11.3 Å². The average Bonchev–Trinajstić information content (AvgIpc) is 2.95. The summed E-state index contributed by atoms with van der Waals surface area (Å²) in [5, 5.41) is 5.87. The molecule has 4 nitrogen and oxygen atoms in total. The van der Waals surface area contributed by atoms with Gasteiger partial charge < -0.3 is 11.1 Å². The van der Waals surface area contributed by atoms with E-state index in [0.717, 1.165) is 16.3 Å². The molecule has 0 saturated heterocycles. The standard InChI is InChI=1S/C17H23N3OS/c1-17(2,3)14-11-22-16(20-14)10-19-15(21)9-13(18)12-7-5-4-6-8-12/h4-8,11,13H,9-10,18H2,1-3H3,(H,19,21). The Kier molecular flexibility index (Phi) is 5.32. The van der Waals surface area contributed by atoms with E-state index >= 15 is 0 Å². The summed E-state index contributed by atoms with van der Waals surface area (Å²) in [4.78, 5) is 16.6. The summed E-state index contributed by atoms with van der Waals surface area (Å²) in [6, 6.07) is 9.39. The van der Waals surface area contributed by atoms with Crippen molar-refractivity contribution in [1.29, 1.82) is 0 Å². The predicted octanol–water partition coefficient (Wildman–Crippen LogP) is 3.15. The fourth-order valence-corrected chi connectivity index (χ4v) is 2.96. The second kappa shape index (κ2) is 7.03. The lowest BCUT2D eigenvalue weighted by Gasteiger charge is -2.14. The van der Waals surface area contributed by atoms with E-state index in [9.17, 15) is 4.79 Å². The lowest BCUT2D eigenvalue weighted by atomic mass is 9.93. The van der Waals surface area contributed by atoms with Gasteiger partial charge in [-0.05, 0) is 5.56 Å². The molecular weight excluding hydrogens is 294 g/mol. The molecule has 3 N–H and O–H groups in total. The molecule has 0 radical (unpaired) electrons. The van der Waals surface area contributed by atoms with Crippen molar-refractivity contribution in [2.24, 2.45) is 5.73 Å². The Bertz CT molecular complexity index is 616. The first-order valence-corrected chi connectivity index (χ1v) is 8.26. The molecule has 0 fully saturated rings. The molecule has 0 saturated carbocycles.